The summed E-state index contributed by atoms with van der Waals surface area (Å²) < 4.78 is 6.66. The van der Waals surface area contributed by atoms with E-state index in [0.29, 0.717) is 16.7 Å². The van der Waals surface area contributed by atoms with Crippen LogP contribution in [0.5, 0.6) is 0 Å². The Morgan fingerprint density at radius 2 is 1.81 bits per heavy atom. The number of rotatable bonds is 4. The summed E-state index contributed by atoms with van der Waals surface area (Å²) in [5.74, 6) is 1.23. The molecule has 0 amide bonds. The summed E-state index contributed by atoms with van der Waals surface area (Å²) in [6.07, 6.45) is 5.10. The Kier molecular flexibility index (Phi) is 4.49. The first-order valence-electron chi connectivity index (χ1n) is 8.56. The van der Waals surface area contributed by atoms with Gasteiger partial charge in [-0.2, -0.15) is 9.78 Å². The van der Waals surface area contributed by atoms with Gasteiger partial charge in [-0.3, -0.25) is 4.79 Å². The maximum Gasteiger partial charge on any atom is 0.282 e. The summed E-state index contributed by atoms with van der Waals surface area (Å²) in [6, 6.07) is 20.5. The molecule has 0 unspecified atom stereocenters. The van der Waals surface area contributed by atoms with Crippen molar-refractivity contribution in [3.63, 3.8) is 0 Å². The Balaban J connectivity index is 1.86. The molecule has 0 fully saturated rings. The van der Waals surface area contributed by atoms with Crippen LogP contribution in [-0.4, -0.2) is 15.9 Å². The SMILES string of the molecule is C/C(C=Nn1c(-c2ccccc2)nc2ccccc2c1=O)=C\c1ccco1. The van der Waals surface area contributed by atoms with Crippen molar-refractivity contribution in [1.29, 1.82) is 0 Å². The second-order valence-corrected chi connectivity index (χ2v) is 6.08. The molecule has 5 nitrogen and oxygen atoms in total. The molecule has 4 aromatic rings. The summed E-state index contributed by atoms with van der Waals surface area (Å²) in [5, 5.41) is 4.95. The average Bonchev–Trinajstić information content (AvgIpc) is 3.21. The Bertz CT molecular complexity index is 1190. The molecule has 0 aliphatic rings. The second-order valence-electron chi connectivity index (χ2n) is 6.08. The van der Waals surface area contributed by atoms with E-state index < -0.39 is 0 Å². The monoisotopic (exact) mass is 355 g/mol. The minimum absolute atomic E-state index is 0.207. The lowest BCUT2D eigenvalue weighted by atomic mass is 10.2. The zero-order valence-corrected chi connectivity index (χ0v) is 14.7. The molecule has 0 spiro atoms. The average molecular weight is 355 g/mol. The van der Waals surface area contributed by atoms with E-state index in [2.05, 4.69) is 10.1 Å². The van der Waals surface area contributed by atoms with Crippen LogP contribution in [0.1, 0.15) is 12.7 Å². The Labute approximate surface area is 155 Å². The van der Waals surface area contributed by atoms with Crippen LogP contribution < -0.4 is 5.56 Å². The van der Waals surface area contributed by atoms with Crippen LogP contribution in [0.2, 0.25) is 0 Å². The van der Waals surface area contributed by atoms with Gasteiger partial charge in [0.15, 0.2) is 5.82 Å². The van der Waals surface area contributed by atoms with Gasteiger partial charge in [0.1, 0.15) is 5.76 Å². The molecule has 0 saturated carbocycles. The van der Waals surface area contributed by atoms with Crippen molar-refractivity contribution in [2.24, 2.45) is 5.10 Å². The normalized spacial score (nSPS) is 12.1. The zero-order valence-electron chi connectivity index (χ0n) is 14.7. The van der Waals surface area contributed by atoms with Crippen LogP contribution in [0.3, 0.4) is 0 Å². The van der Waals surface area contributed by atoms with Gasteiger partial charge in [-0.25, -0.2) is 4.98 Å². The molecule has 0 N–H and O–H groups in total. The van der Waals surface area contributed by atoms with Crippen molar-refractivity contribution in [3.05, 3.63) is 94.7 Å². The standard InChI is InChI=1S/C22H17N3O2/c1-16(14-18-10-7-13-27-18)15-23-25-21(17-8-3-2-4-9-17)24-20-12-6-5-11-19(20)22(25)26/h2-15H,1H3/b16-14+,23-15?. The summed E-state index contributed by atoms with van der Waals surface area (Å²) in [5.41, 5.74) is 2.12. The molecule has 0 aliphatic carbocycles. The van der Waals surface area contributed by atoms with Gasteiger partial charge in [-0.05, 0) is 42.8 Å². The molecule has 2 aromatic heterocycles. The minimum Gasteiger partial charge on any atom is -0.465 e. The van der Waals surface area contributed by atoms with E-state index in [1.807, 2.05) is 73.7 Å². The highest BCUT2D eigenvalue weighted by Gasteiger charge is 2.11. The molecular weight excluding hydrogens is 338 g/mol. The van der Waals surface area contributed by atoms with Crippen LogP contribution in [0.25, 0.3) is 28.4 Å². The molecule has 4 rings (SSSR count). The molecule has 132 valence electrons. The van der Waals surface area contributed by atoms with E-state index >= 15 is 0 Å². The van der Waals surface area contributed by atoms with Gasteiger partial charge in [0.2, 0.25) is 0 Å². The predicted molar refractivity (Wildman–Crippen MR) is 108 cm³/mol. The molecule has 5 heteroatoms. The van der Waals surface area contributed by atoms with Crippen molar-refractivity contribution < 1.29 is 4.42 Å². The van der Waals surface area contributed by atoms with E-state index in [1.165, 1.54) is 4.68 Å². The lowest BCUT2D eigenvalue weighted by Gasteiger charge is -2.09. The lowest BCUT2D eigenvalue weighted by molar-refractivity contribution is 0.557. The molecule has 0 radical (unpaired) electrons. The molecule has 0 saturated heterocycles. The first-order valence-corrected chi connectivity index (χ1v) is 8.56. The van der Waals surface area contributed by atoms with Crippen LogP contribution in [0.4, 0.5) is 0 Å². The quantitative estimate of drug-likeness (QED) is 0.503. The number of furan rings is 1. The van der Waals surface area contributed by atoms with E-state index in [1.54, 1.807) is 18.5 Å². The van der Waals surface area contributed by atoms with E-state index in [0.717, 1.165) is 16.9 Å². The Morgan fingerprint density at radius 1 is 1.04 bits per heavy atom. The molecule has 27 heavy (non-hydrogen) atoms. The molecule has 0 aliphatic heterocycles. The molecular formula is C22H17N3O2. The fourth-order valence-electron chi connectivity index (χ4n) is 2.79. The number of para-hydroxylation sites is 1. The fraction of sp³-hybridized carbons (Fsp3) is 0.0455. The lowest BCUT2D eigenvalue weighted by Crippen LogP contribution is -2.20. The highest BCUT2D eigenvalue weighted by atomic mass is 16.3. The Hall–Kier alpha value is -3.73. The van der Waals surface area contributed by atoms with Crippen LogP contribution in [0, 0.1) is 0 Å². The highest BCUT2D eigenvalue weighted by Crippen LogP contribution is 2.18. The van der Waals surface area contributed by atoms with E-state index in [9.17, 15) is 4.79 Å². The van der Waals surface area contributed by atoms with Crippen molar-refractivity contribution in [2.45, 2.75) is 6.92 Å². The summed E-state index contributed by atoms with van der Waals surface area (Å²) >= 11 is 0. The molecule has 0 bridgehead atoms. The van der Waals surface area contributed by atoms with E-state index in [4.69, 9.17) is 4.42 Å². The van der Waals surface area contributed by atoms with Crippen molar-refractivity contribution in [1.82, 2.24) is 9.66 Å². The predicted octanol–water partition coefficient (Wildman–Crippen LogP) is 4.59. The number of hydrogen-bond donors (Lipinski definition) is 0. The van der Waals surface area contributed by atoms with Crippen molar-refractivity contribution >= 4 is 23.2 Å². The second kappa shape index (κ2) is 7.25. The van der Waals surface area contributed by atoms with Gasteiger partial charge in [0, 0.05) is 5.56 Å². The molecule has 2 heterocycles. The van der Waals surface area contributed by atoms with Gasteiger partial charge in [0.25, 0.3) is 5.56 Å². The topological polar surface area (TPSA) is 60.4 Å². The fourth-order valence-corrected chi connectivity index (χ4v) is 2.79. The number of benzene rings is 2. The Morgan fingerprint density at radius 3 is 2.59 bits per heavy atom. The number of hydrogen-bond acceptors (Lipinski definition) is 4. The first-order chi connectivity index (χ1) is 13.2. The van der Waals surface area contributed by atoms with Crippen molar-refractivity contribution in [3.8, 4) is 11.4 Å². The zero-order chi connectivity index (χ0) is 18.6. The van der Waals surface area contributed by atoms with Gasteiger partial charge in [-0.1, -0.05) is 42.5 Å². The third kappa shape index (κ3) is 3.48. The first kappa shape index (κ1) is 16.7. The van der Waals surface area contributed by atoms with Crippen LogP contribution in [0.15, 0.2) is 92.9 Å². The van der Waals surface area contributed by atoms with Gasteiger partial charge in [-0.15, -0.1) is 0 Å². The summed E-state index contributed by atoms with van der Waals surface area (Å²) in [7, 11) is 0. The summed E-state index contributed by atoms with van der Waals surface area (Å²) in [4.78, 5) is 17.7. The minimum atomic E-state index is -0.207. The van der Waals surface area contributed by atoms with Crippen molar-refractivity contribution in [2.75, 3.05) is 0 Å². The third-order valence-corrected chi connectivity index (χ3v) is 4.08. The number of allylic oxidation sites excluding steroid dienone is 1. The van der Waals surface area contributed by atoms with E-state index in [-0.39, 0.29) is 5.56 Å². The maximum atomic E-state index is 13.0. The van der Waals surface area contributed by atoms with Gasteiger partial charge < -0.3 is 4.42 Å². The van der Waals surface area contributed by atoms with Gasteiger partial charge in [0.05, 0.1) is 23.4 Å². The van der Waals surface area contributed by atoms with Gasteiger partial charge >= 0.3 is 0 Å². The number of fused-ring (bicyclic) bond motifs is 1. The highest BCUT2D eigenvalue weighted by molar-refractivity contribution is 5.85. The van der Waals surface area contributed by atoms with Crippen LogP contribution in [-0.2, 0) is 0 Å². The molecule has 2 aromatic carbocycles. The maximum absolute atomic E-state index is 13.0. The third-order valence-electron chi connectivity index (χ3n) is 4.08. The summed E-state index contributed by atoms with van der Waals surface area (Å²) in [6.45, 7) is 1.90. The smallest absolute Gasteiger partial charge is 0.282 e. The number of aromatic nitrogens is 2. The van der Waals surface area contributed by atoms with Crippen LogP contribution >= 0.6 is 0 Å². The number of nitrogens with zero attached hydrogens (tertiary/aromatic N) is 3. The largest absolute Gasteiger partial charge is 0.465 e. The molecule has 0 atom stereocenters.